The summed E-state index contributed by atoms with van der Waals surface area (Å²) in [7, 11) is 0. The number of hydrogen-bond donors (Lipinski definition) is 3. The molecule has 0 saturated carbocycles. The van der Waals surface area contributed by atoms with E-state index in [1.165, 1.54) is 0 Å². The van der Waals surface area contributed by atoms with Crippen LogP contribution in [-0.2, 0) is 0 Å². The molecule has 1 aromatic carbocycles. The normalized spacial score (nSPS) is 12.1. The first-order valence-electron chi connectivity index (χ1n) is 5.74. The largest absolute Gasteiger partial charge is 0.366 e. The summed E-state index contributed by atoms with van der Waals surface area (Å²) in [5.74, 6) is -0.121. The van der Waals surface area contributed by atoms with Gasteiger partial charge in [-0.15, -0.1) is 5.10 Å². The number of nitrogen functional groups attached to an aromatic ring is 1. The number of aromatic nitrogens is 3. The fourth-order valence-corrected chi connectivity index (χ4v) is 1.71. The maximum atomic E-state index is 11.9. The fraction of sp³-hybridized carbons (Fsp3) is 0.250. The van der Waals surface area contributed by atoms with Gasteiger partial charge in [-0.1, -0.05) is 37.3 Å². The first-order valence-corrected chi connectivity index (χ1v) is 5.74. The minimum Gasteiger partial charge on any atom is -0.366 e. The summed E-state index contributed by atoms with van der Waals surface area (Å²) >= 11 is 0. The van der Waals surface area contributed by atoms with E-state index >= 15 is 0 Å². The van der Waals surface area contributed by atoms with Crippen LogP contribution in [0.5, 0.6) is 0 Å². The molecule has 1 atom stereocenters. The molecule has 0 fully saturated rings. The molecule has 0 aliphatic rings. The molecule has 1 aromatic heterocycles. The van der Waals surface area contributed by atoms with Crippen LogP contribution in [0, 0.1) is 0 Å². The lowest BCUT2D eigenvalue weighted by molar-refractivity contribution is 0.0925. The Morgan fingerprint density at radius 3 is 2.72 bits per heavy atom. The topological polar surface area (TPSA) is 96.7 Å². The van der Waals surface area contributed by atoms with Gasteiger partial charge in [-0.25, -0.2) is 0 Å². The molecule has 0 radical (unpaired) electrons. The number of nitrogens with one attached hydrogen (secondary N) is 2. The van der Waals surface area contributed by atoms with Crippen LogP contribution >= 0.6 is 0 Å². The van der Waals surface area contributed by atoms with Crippen molar-refractivity contribution in [3.05, 3.63) is 41.7 Å². The SMILES string of the molecule is CCC(NC(=O)c1nc(N)n[nH]1)c1ccccc1. The van der Waals surface area contributed by atoms with E-state index in [2.05, 4.69) is 20.5 Å². The number of nitrogens with zero attached hydrogens (tertiary/aromatic N) is 2. The van der Waals surface area contributed by atoms with E-state index in [9.17, 15) is 4.79 Å². The molecule has 2 rings (SSSR count). The van der Waals surface area contributed by atoms with Crippen molar-refractivity contribution in [1.82, 2.24) is 20.5 Å². The van der Waals surface area contributed by atoms with E-state index in [1.807, 2.05) is 37.3 Å². The summed E-state index contributed by atoms with van der Waals surface area (Å²) in [4.78, 5) is 15.7. The van der Waals surface area contributed by atoms with Crippen molar-refractivity contribution >= 4 is 11.9 Å². The van der Waals surface area contributed by atoms with Crippen molar-refractivity contribution in [2.45, 2.75) is 19.4 Å². The molecular weight excluding hydrogens is 230 g/mol. The molecule has 4 N–H and O–H groups in total. The molecule has 1 unspecified atom stereocenters. The van der Waals surface area contributed by atoms with Crippen LogP contribution in [0.25, 0.3) is 0 Å². The molecule has 0 spiro atoms. The van der Waals surface area contributed by atoms with Gasteiger partial charge >= 0.3 is 0 Å². The number of aromatic amines is 1. The Morgan fingerprint density at radius 2 is 2.17 bits per heavy atom. The smallest absolute Gasteiger partial charge is 0.289 e. The molecule has 6 heteroatoms. The first-order chi connectivity index (χ1) is 8.70. The third-order valence-electron chi connectivity index (χ3n) is 2.63. The highest BCUT2D eigenvalue weighted by molar-refractivity contribution is 5.90. The quantitative estimate of drug-likeness (QED) is 0.755. The van der Waals surface area contributed by atoms with Gasteiger partial charge in [0.15, 0.2) is 0 Å². The molecule has 1 heterocycles. The lowest BCUT2D eigenvalue weighted by Gasteiger charge is -2.16. The van der Waals surface area contributed by atoms with Crippen LogP contribution in [0.1, 0.15) is 35.6 Å². The van der Waals surface area contributed by atoms with E-state index in [1.54, 1.807) is 0 Å². The number of carbonyl (C=O) groups excluding carboxylic acids is 1. The van der Waals surface area contributed by atoms with E-state index in [0.29, 0.717) is 0 Å². The summed E-state index contributed by atoms with van der Waals surface area (Å²) < 4.78 is 0. The van der Waals surface area contributed by atoms with Gasteiger partial charge in [0, 0.05) is 0 Å². The molecule has 0 bridgehead atoms. The molecular formula is C12H15N5O. The number of nitrogens with two attached hydrogens (primary N) is 1. The van der Waals surface area contributed by atoms with Gasteiger partial charge in [0.05, 0.1) is 6.04 Å². The Balaban J connectivity index is 2.10. The Labute approximate surface area is 105 Å². The molecule has 0 aliphatic heterocycles. The number of rotatable bonds is 4. The highest BCUT2D eigenvalue weighted by atomic mass is 16.2. The number of benzene rings is 1. The first kappa shape index (κ1) is 12.1. The van der Waals surface area contributed by atoms with Gasteiger partial charge in [-0.3, -0.25) is 9.89 Å². The van der Waals surface area contributed by atoms with Crippen molar-refractivity contribution in [3.8, 4) is 0 Å². The zero-order valence-corrected chi connectivity index (χ0v) is 10.1. The summed E-state index contributed by atoms with van der Waals surface area (Å²) in [6.45, 7) is 2.01. The predicted molar refractivity (Wildman–Crippen MR) is 67.7 cm³/mol. The summed E-state index contributed by atoms with van der Waals surface area (Å²) in [6, 6.07) is 9.72. The zero-order chi connectivity index (χ0) is 13.0. The highest BCUT2D eigenvalue weighted by Crippen LogP contribution is 2.16. The Morgan fingerprint density at radius 1 is 1.44 bits per heavy atom. The number of amides is 1. The van der Waals surface area contributed by atoms with Gasteiger partial charge < -0.3 is 11.1 Å². The standard InChI is InChI=1S/C12H15N5O/c1-2-9(8-6-4-3-5-7-8)14-11(18)10-15-12(13)17-16-10/h3-7,9H,2H2,1H3,(H,14,18)(H3,13,15,16,17). The summed E-state index contributed by atoms with van der Waals surface area (Å²) in [6.07, 6.45) is 0.791. The third kappa shape index (κ3) is 2.65. The predicted octanol–water partition coefficient (Wildman–Crippen LogP) is 1.27. The molecule has 2 aromatic rings. The van der Waals surface area contributed by atoms with E-state index in [0.717, 1.165) is 12.0 Å². The lowest BCUT2D eigenvalue weighted by Crippen LogP contribution is -2.29. The van der Waals surface area contributed by atoms with Gasteiger partial charge in [0.2, 0.25) is 11.8 Å². The maximum absolute atomic E-state index is 11.9. The van der Waals surface area contributed by atoms with Crippen LogP contribution in [0.4, 0.5) is 5.95 Å². The summed E-state index contributed by atoms with van der Waals surface area (Å²) in [5, 5.41) is 9.00. The van der Waals surface area contributed by atoms with Gasteiger partial charge in [-0.2, -0.15) is 4.98 Å². The van der Waals surface area contributed by atoms with Crippen molar-refractivity contribution in [3.63, 3.8) is 0 Å². The maximum Gasteiger partial charge on any atom is 0.289 e. The van der Waals surface area contributed by atoms with Crippen molar-refractivity contribution in [2.75, 3.05) is 5.73 Å². The molecule has 1 amide bonds. The lowest BCUT2D eigenvalue weighted by atomic mass is 10.0. The minimum absolute atomic E-state index is 0.0509. The van der Waals surface area contributed by atoms with Crippen molar-refractivity contribution in [2.24, 2.45) is 0 Å². The average Bonchev–Trinajstić information content (AvgIpc) is 2.83. The van der Waals surface area contributed by atoms with Crippen molar-refractivity contribution in [1.29, 1.82) is 0 Å². The minimum atomic E-state index is -0.310. The van der Waals surface area contributed by atoms with Gasteiger partial charge in [0.1, 0.15) is 0 Å². The monoisotopic (exact) mass is 245 g/mol. The Kier molecular flexibility index (Phi) is 3.57. The van der Waals surface area contributed by atoms with Gasteiger partial charge in [0.25, 0.3) is 5.91 Å². The molecule has 18 heavy (non-hydrogen) atoms. The molecule has 94 valence electrons. The second-order valence-corrected chi connectivity index (χ2v) is 3.89. The number of carbonyl (C=O) groups is 1. The second-order valence-electron chi connectivity index (χ2n) is 3.89. The third-order valence-corrected chi connectivity index (χ3v) is 2.63. The Hall–Kier alpha value is -2.37. The Bertz CT molecular complexity index is 522. The number of H-pyrrole nitrogens is 1. The van der Waals surface area contributed by atoms with Gasteiger partial charge in [-0.05, 0) is 12.0 Å². The van der Waals surface area contributed by atoms with Crippen molar-refractivity contribution < 1.29 is 4.79 Å². The highest BCUT2D eigenvalue weighted by Gasteiger charge is 2.16. The van der Waals surface area contributed by atoms with Crippen LogP contribution < -0.4 is 11.1 Å². The van der Waals surface area contributed by atoms with E-state index in [4.69, 9.17) is 5.73 Å². The molecule has 0 saturated heterocycles. The van der Waals surface area contributed by atoms with E-state index in [-0.39, 0.29) is 23.7 Å². The molecule has 6 nitrogen and oxygen atoms in total. The van der Waals surface area contributed by atoms with Crippen LogP contribution in [0.15, 0.2) is 30.3 Å². The summed E-state index contributed by atoms with van der Waals surface area (Å²) in [5.41, 5.74) is 6.41. The number of hydrogen-bond acceptors (Lipinski definition) is 4. The molecule has 0 aliphatic carbocycles. The average molecular weight is 245 g/mol. The number of anilines is 1. The van der Waals surface area contributed by atoms with Crippen LogP contribution in [0.3, 0.4) is 0 Å². The van der Waals surface area contributed by atoms with Crippen LogP contribution in [-0.4, -0.2) is 21.1 Å². The van der Waals surface area contributed by atoms with E-state index < -0.39 is 0 Å². The fourth-order valence-electron chi connectivity index (χ4n) is 1.71. The van der Waals surface area contributed by atoms with Crippen LogP contribution in [0.2, 0.25) is 0 Å². The zero-order valence-electron chi connectivity index (χ0n) is 10.1. The second kappa shape index (κ2) is 5.31.